The molecule has 1 aliphatic heterocycles. The lowest BCUT2D eigenvalue weighted by Gasteiger charge is -2.14. The van der Waals surface area contributed by atoms with Gasteiger partial charge >= 0.3 is 5.97 Å². The SMILES string of the molecule is CCOC(=O)[C@]1(CN)[C@H](c2ccc3c(c2)OCO3)[C@@H]1S(C)(=O)=O. The highest BCUT2D eigenvalue weighted by Gasteiger charge is 2.74. The number of ether oxygens (including phenoxy) is 3. The first-order chi connectivity index (χ1) is 10.9. The lowest BCUT2D eigenvalue weighted by atomic mass is 9.99. The van der Waals surface area contributed by atoms with Gasteiger partial charge in [-0.05, 0) is 24.6 Å². The zero-order valence-corrected chi connectivity index (χ0v) is 13.8. The molecule has 23 heavy (non-hydrogen) atoms. The summed E-state index contributed by atoms with van der Waals surface area (Å²) in [7, 11) is -3.48. The molecule has 1 saturated carbocycles. The van der Waals surface area contributed by atoms with Gasteiger partial charge in [-0.15, -0.1) is 0 Å². The summed E-state index contributed by atoms with van der Waals surface area (Å²) in [6.07, 6.45) is 1.12. The second kappa shape index (κ2) is 5.38. The largest absolute Gasteiger partial charge is 0.465 e. The maximum Gasteiger partial charge on any atom is 0.315 e. The Morgan fingerprint density at radius 3 is 2.70 bits per heavy atom. The van der Waals surface area contributed by atoms with Crippen LogP contribution in [0.1, 0.15) is 18.4 Å². The van der Waals surface area contributed by atoms with Gasteiger partial charge in [0.2, 0.25) is 6.79 Å². The molecule has 7 nitrogen and oxygen atoms in total. The van der Waals surface area contributed by atoms with Gasteiger partial charge in [-0.25, -0.2) is 8.42 Å². The molecule has 3 atom stereocenters. The predicted octanol–water partition coefficient (Wildman–Crippen LogP) is 0.434. The van der Waals surface area contributed by atoms with Crippen molar-refractivity contribution in [1.29, 1.82) is 0 Å². The third kappa shape index (κ3) is 2.36. The van der Waals surface area contributed by atoms with Crippen LogP contribution in [0, 0.1) is 5.41 Å². The van der Waals surface area contributed by atoms with E-state index in [1.165, 1.54) is 0 Å². The molecule has 0 amide bonds. The van der Waals surface area contributed by atoms with Crippen LogP contribution in [0.25, 0.3) is 0 Å². The highest BCUT2D eigenvalue weighted by atomic mass is 32.2. The first kappa shape index (κ1) is 16.1. The number of carbonyl (C=O) groups is 1. The predicted molar refractivity (Wildman–Crippen MR) is 82.1 cm³/mol. The highest BCUT2D eigenvalue weighted by molar-refractivity contribution is 7.91. The fourth-order valence-electron chi connectivity index (χ4n) is 3.45. The summed E-state index contributed by atoms with van der Waals surface area (Å²) in [4.78, 5) is 12.4. The molecule has 2 N–H and O–H groups in total. The standard InChI is InChI=1S/C15H19NO6S/c1-3-20-14(17)15(7-16)12(13(15)23(2,18)19)9-4-5-10-11(6-9)22-8-21-10/h4-6,12-13H,3,7-8,16H2,1-2H3/t12-,13+,15-/m1/s1. The molecule has 2 aliphatic rings. The van der Waals surface area contributed by atoms with Gasteiger partial charge in [-0.1, -0.05) is 6.07 Å². The molecule has 3 rings (SSSR count). The molecule has 1 aliphatic carbocycles. The molecule has 8 heteroatoms. The number of rotatable bonds is 5. The summed E-state index contributed by atoms with van der Waals surface area (Å²) >= 11 is 0. The number of fused-ring (bicyclic) bond motifs is 1. The Labute approximate surface area is 134 Å². The fourth-order valence-corrected chi connectivity index (χ4v) is 5.37. The smallest absolute Gasteiger partial charge is 0.315 e. The minimum atomic E-state index is -3.48. The van der Waals surface area contributed by atoms with Gasteiger partial charge in [0.05, 0.1) is 11.9 Å². The minimum absolute atomic E-state index is 0.0946. The average Bonchev–Trinajstić information content (AvgIpc) is 3.00. The molecule has 1 aromatic carbocycles. The lowest BCUT2D eigenvalue weighted by Crippen LogP contribution is -2.33. The van der Waals surface area contributed by atoms with E-state index in [0.717, 1.165) is 6.26 Å². The molecular formula is C15H19NO6S. The number of nitrogens with two attached hydrogens (primary N) is 1. The maximum absolute atomic E-state index is 12.4. The molecule has 1 fully saturated rings. The topological polar surface area (TPSA) is 105 Å². The van der Waals surface area contributed by atoms with Gasteiger partial charge in [-0.2, -0.15) is 0 Å². The number of esters is 1. The van der Waals surface area contributed by atoms with Crippen molar-refractivity contribution in [2.75, 3.05) is 26.2 Å². The minimum Gasteiger partial charge on any atom is -0.465 e. The van der Waals surface area contributed by atoms with Gasteiger partial charge in [0.15, 0.2) is 21.3 Å². The van der Waals surface area contributed by atoms with Crippen LogP contribution in [0.4, 0.5) is 0 Å². The zero-order chi connectivity index (χ0) is 16.8. The van der Waals surface area contributed by atoms with Crippen LogP contribution < -0.4 is 15.2 Å². The van der Waals surface area contributed by atoms with Gasteiger partial charge in [0, 0.05) is 18.7 Å². The fraction of sp³-hybridized carbons (Fsp3) is 0.533. The summed E-state index contributed by atoms with van der Waals surface area (Å²) in [5.41, 5.74) is 5.25. The number of sulfone groups is 1. The van der Waals surface area contributed by atoms with Gasteiger partial charge < -0.3 is 19.9 Å². The van der Waals surface area contributed by atoms with Crippen molar-refractivity contribution in [1.82, 2.24) is 0 Å². The van der Waals surface area contributed by atoms with E-state index in [1.54, 1.807) is 25.1 Å². The van der Waals surface area contributed by atoms with E-state index >= 15 is 0 Å². The van der Waals surface area contributed by atoms with E-state index in [-0.39, 0.29) is 19.9 Å². The molecule has 0 spiro atoms. The van der Waals surface area contributed by atoms with Crippen molar-refractivity contribution in [3.8, 4) is 11.5 Å². The molecular weight excluding hydrogens is 322 g/mol. The van der Waals surface area contributed by atoms with E-state index in [4.69, 9.17) is 19.9 Å². The molecule has 0 unspecified atom stereocenters. The number of benzene rings is 1. The molecule has 126 valence electrons. The normalized spacial score (nSPS) is 28.5. The first-order valence-electron chi connectivity index (χ1n) is 7.32. The highest BCUT2D eigenvalue weighted by Crippen LogP contribution is 2.63. The monoisotopic (exact) mass is 341 g/mol. The van der Waals surface area contributed by atoms with Crippen LogP contribution in [0.3, 0.4) is 0 Å². The third-order valence-corrected chi connectivity index (χ3v) is 6.08. The molecule has 1 heterocycles. The number of carbonyl (C=O) groups excluding carboxylic acids is 1. The van der Waals surface area contributed by atoms with Crippen molar-refractivity contribution in [3.05, 3.63) is 23.8 Å². The summed E-state index contributed by atoms with van der Waals surface area (Å²) in [6, 6.07) is 5.16. The molecule has 1 aromatic rings. The first-order valence-corrected chi connectivity index (χ1v) is 9.27. The van der Waals surface area contributed by atoms with Crippen LogP contribution >= 0.6 is 0 Å². The van der Waals surface area contributed by atoms with Crippen LogP contribution in [-0.2, 0) is 19.4 Å². The van der Waals surface area contributed by atoms with E-state index in [0.29, 0.717) is 17.1 Å². The summed E-state index contributed by atoms with van der Waals surface area (Å²) in [5, 5.41) is -0.889. The van der Waals surface area contributed by atoms with Crippen LogP contribution in [-0.4, -0.2) is 45.8 Å². The molecule has 0 saturated heterocycles. The second-order valence-electron chi connectivity index (χ2n) is 5.81. The lowest BCUT2D eigenvalue weighted by molar-refractivity contribution is -0.149. The van der Waals surface area contributed by atoms with E-state index < -0.39 is 32.4 Å². The Balaban J connectivity index is 2.04. The molecule has 0 bridgehead atoms. The van der Waals surface area contributed by atoms with Gasteiger partial charge in [0.1, 0.15) is 5.41 Å². The van der Waals surface area contributed by atoms with E-state index in [2.05, 4.69) is 0 Å². The Hall–Kier alpha value is -1.80. The Bertz CT molecular complexity index is 746. The number of hydrogen-bond donors (Lipinski definition) is 1. The van der Waals surface area contributed by atoms with Crippen molar-refractivity contribution in [2.24, 2.45) is 11.1 Å². The Kier molecular flexibility index (Phi) is 3.76. The number of hydrogen-bond acceptors (Lipinski definition) is 7. The van der Waals surface area contributed by atoms with Gasteiger partial charge in [-0.3, -0.25) is 4.79 Å². The summed E-state index contributed by atoms with van der Waals surface area (Å²) < 4.78 is 40.0. The zero-order valence-electron chi connectivity index (χ0n) is 12.9. The molecule has 0 aromatic heterocycles. The Morgan fingerprint density at radius 1 is 1.39 bits per heavy atom. The van der Waals surface area contributed by atoms with Crippen LogP contribution in [0.2, 0.25) is 0 Å². The second-order valence-corrected chi connectivity index (χ2v) is 7.97. The van der Waals surface area contributed by atoms with E-state index in [9.17, 15) is 13.2 Å². The van der Waals surface area contributed by atoms with Crippen molar-refractivity contribution in [2.45, 2.75) is 18.1 Å². The van der Waals surface area contributed by atoms with Crippen molar-refractivity contribution in [3.63, 3.8) is 0 Å². The third-order valence-electron chi connectivity index (χ3n) is 4.47. The van der Waals surface area contributed by atoms with Gasteiger partial charge in [0.25, 0.3) is 0 Å². The maximum atomic E-state index is 12.4. The molecule has 0 radical (unpaired) electrons. The summed E-state index contributed by atoms with van der Waals surface area (Å²) in [6.45, 7) is 1.88. The van der Waals surface area contributed by atoms with E-state index in [1.807, 2.05) is 0 Å². The Morgan fingerprint density at radius 2 is 2.09 bits per heavy atom. The van der Waals surface area contributed by atoms with Crippen molar-refractivity contribution >= 4 is 15.8 Å². The van der Waals surface area contributed by atoms with Crippen LogP contribution in [0.15, 0.2) is 18.2 Å². The van der Waals surface area contributed by atoms with Crippen molar-refractivity contribution < 1.29 is 27.4 Å². The quantitative estimate of drug-likeness (QED) is 0.774. The average molecular weight is 341 g/mol. The van der Waals surface area contributed by atoms with Crippen LogP contribution in [0.5, 0.6) is 11.5 Å². The summed E-state index contributed by atoms with van der Waals surface area (Å²) in [5.74, 6) is 0.0212.